The van der Waals surface area contributed by atoms with E-state index in [2.05, 4.69) is 20.3 Å². The fourth-order valence-electron chi connectivity index (χ4n) is 1.00. The molecule has 0 unspecified atom stereocenters. The maximum absolute atomic E-state index is 5.76. The van der Waals surface area contributed by atoms with Crippen molar-refractivity contribution in [1.29, 1.82) is 0 Å². The molecule has 1 N–H and O–H groups in total. The third-order valence-corrected chi connectivity index (χ3v) is 1.72. The molecule has 4 nitrogen and oxygen atoms in total. The normalized spacial score (nSPS) is 11.6. The Balaban J connectivity index is 0.00000121. The fraction of sp³-hybridized carbons (Fsp3) is 0.417. The molecule has 0 radical (unpaired) electrons. The highest BCUT2D eigenvalue weighted by Gasteiger charge is 1.98. The van der Waals surface area contributed by atoms with Crippen LogP contribution < -0.4 is 5.32 Å². The monoisotopic (exact) mass is 254 g/mol. The summed E-state index contributed by atoms with van der Waals surface area (Å²) in [7, 11) is 1.69. The van der Waals surface area contributed by atoms with E-state index in [1.807, 2.05) is 20.8 Å². The van der Waals surface area contributed by atoms with Gasteiger partial charge in [0.1, 0.15) is 17.5 Å². The Morgan fingerprint density at radius 1 is 1.47 bits per heavy atom. The van der Waals surface area contributed by atoms with Gasteiger partial charge in [-0.1, -0.05) is 25.4 Å². The fourth-order valence-corrected chi connectivity index (χ4v) is 1.11. The first kappa shape index (κ1) is 15.6. The predicted octanol–water partition coefficient (Wildman–Crippen LogP) is 3.39. The number of amidine groups is 1. The second-order valence-corrected chi connectivity index (χ2v) is 3.55. The lowest BCUT2D eigenvalue weighted by Crippen LogP contribution is -2.11. The number of aromatic nitrogens is 2. The lowest BCUT2D eigenvalue weighted by Gasteiger charge is -2.05. The zero-order valence-electron chi connectivity index (χ0n) is 11.0. The summed E-state index contributed by atoms with van der Waals surface area (Å²) in [6.45, 7) is 7.62. The van der Waals surface area contributed by atoms with Gasteiger partial charge in [0.2, 0.25) is 0 Å². The third-order valence-electron chi connectivity index (χ3n) is 1.61. The number of rotatable bonds is 2. The van der Waals surface area contributed by atoms with Crippen LogP contribution in [0.4, 0.5) is 5.82 Å². The van der Waals surface area contributed by atoms with Crippen LogP contribution in [0.15, 0.2) is 28.4 Å². The molecule has 0 aliphatic rings. The summed E-state index contributed by atoms with van der Waals surface area (Å²) < 4.78 is 0. The summed E-state index contributed by atoms with van der Waals surface area (Å²) in [6.07, 6.45) is 3.42. The molecule has 0 aliphatic carbocycles. The van der Waals surface area contributed by atoms with Crippen molar-refractivity contribution in [3.05, 3.63) is 29.2 Å². The number of hydrogen-bond donors (Lipinski definition) is 1. The van der Waals surface area contributed by atoms with Crippen LogP contribution >= 0.6 is 11.6 Å². The van der Waals surface area contributed by atoms with Gasteiger partial charge in [-0.05, 0) is 26.0 Å². The number of halogens is 1. The van der Waals surface area contributed by atoms with E-state index in [9.17, 15) is 0 Å². The number of aliphatic imine (C=N–C) groups is 1. The van der Waals surface area contributed by atoms with Crippen LogP contribution in [0.2, 0.25) is 0 Å². The van der Waals surface area contributed by atoms with Crippen molar-refractivity contribution in [1.82, 2.24) is 9.97 Å². The summed E-state index contributed by atoms with van der Waals surface area (Å²) in [5.41, 5.74) is 0. The Kier molecular flexibility index (Phi) is 7.97. The quantitative estimate of drug-likeness (QED) is 0.650. The zero-order chi connectivity index (χ0) is 13.3. The van der Waals surface area contributed by atoms with Crippen LogP contribution in [-0.4, -0.2) is 22.9 Å². The van der Waals surface area contributed by atoms with Gasteiger partial charge in [0.05, 0.1) is 0 Å². The zero-order valence-corrected chi connectivity index (χ0v) is 11.7. The van der Waals surface area contributed by atoms with E-state index in [0.29, 0.717) is 22.5 Å². The lowest BCUT2D eigenvalue weighted by molar-refractivity contribution is 1.06. The number of allylic oxidation sites excluding steroid dienone is 1. The average Bonchev–Trinajstić information content (AvgIpc) is 2.30. The van der Waals surface area contributed by atoms with Crippen molar-refractivity contribution >= 4 is 23.3 Å². The number of anilines is 1. The van der Waals surface area contributed by atoms with Gasteiger partial charge in [-0.3, -0.25) is 4.99 Å². The molecule has 5 heteroatoms. The first-order valence-electron chi connectivity index (χ1n) is 5.49. The van der Waals surface area contributed by atoms with E-state index in [-0.39, 0.29) is 0 Å². The minimum absolute atomic E-state index is 0.661. The van der Waals surface area contributed by atoms with E-state index in [1.54, 1.807) is 32.3 Å². The van der Waals surface area contributed by atoms with Crippen LogP contribution in [0, 0.1) is 6.92 Å². The van der Waals surface area contributed by atoms with E-state index < -0.39 is 0 Å². The van der Waals surface area contributed by atoms with Gasteiger partial charge in [-0.15, -0.1) is 0 Å². The molecule has 17 heavy (non-hydrogen) atoms. The topological polar surface area (TPSA) is 50.2 Å². The van der Waals surface area contributed by atoms with Crippen LogP contribution in [0.3, 0.4) is 0 Å². The van der Waals surface area contributed by atoms with Gasteiger partial charge in [-0.25, -0.2) is 9.97 Å². The Bertz CT molecular complexity index is 395. The average molecular weight is 255 g/mol. The van der Waals surface area contributed by atoms with Crippen molar-refractivity contribution in [3.8, 4) is 0 Å². The summed E-state index contributed by atoms with van der Waals surface area (Å²) in [4.78, 5) is 12.2. The summed E-state index contributed by atoms with van der Waals surface area (Å²) in [5.74, 6) is 2.08. The highest BCUT2D eigenvalue weighted by Crippen LogP contribution is 2.04. The second-order valence-electron chi connectivity index (χ2n) is 2.95. The van der Waals surface area contributed by atoms with Crippen molar-refractivity contribution in [2.24, 2.45) is 4.99 Å². The number of aryl methyl sites for hydroxylation is 1. The highest BCUT2D eigenvalue weighted by atomic mass is 35.5. The van der Waals surface area contributed by atoms with E-state index >= 15 is 0 Å². The van der Waals surface area contributed by atoms with Crippen LogP contribution in [0.25, 0.3) is 0 Å². The lowest BCUT2D eigenvalue weighted by atomic mass is 10.4. The molecular weight excluding hydrogens is 236 g/mol. The van der Waals surface area contributed by atoms with Crippen molar-refractivity contribution in [3.63, 3.8) is 0 Å². The molecular formula is C12H19ClN4. The highest BCUT2D eigenvalue weighted by molar-refractivity contribution is 6.31. The second kappa shape index (κ2) is 8.70. The van der Waals surface area contributed by atoms with Crippen molar-refractivity contribution in [2.75, 3.05) is 12.4 Å². The molecule has 0 amide bonds. The Morgan fingerprint density at radius 3 is 2.59 bits per heavy atom. The molecule has 0 aromatic carbocycles. The molecule has 0 spiro atoms. The van der Waals surface area contributed by atoms with Gasteiger partial charge >= 0.3 is 0 Å². The standard InChI is InChI=1S/C10H13ClN4.C2H6/c1-7(11)6-10(12-3)15-9-4-5-13-8(2)14-9;1-2/h4-6H,1-3H3,(H,12,13,14,15);1-2H3/b7-6+;. The molecule has 0 atom stereocenters. The molecule has 1 aromatic rings. The third kappa shape index (κ3) is 6.68. The Hall–Kier alpha value is -1.42. The van der Waals surface area contributed by atoms with E-state index in [0.717, 1.165) is 0 Å². The van der Waals surface area contributed by atoms with Gasteiger partial charge in [-0.2, -0.15) is 0 Å². The maximum Gasteiger partial charge on any atom is 0.135 e. The minimum atomic E-state index is 0.661. The molecule has 0 saturated carbocycles. The molecule has 1 rings (SSSR count). The maximum atomic E-state index is 5.76. The molecule has 0 saturated heterocycles. The molecule has 94 valence electrons. The smallest absolute Gasteiger partial charge is 0.135 e. The number of nitrogens with one attached hydrogen (secondary N) is 1. The summed E-state index contributed by atoms with van der Waals surface area (Å²) in [6, 6.07) is 1.77. The van der Waals surface area contributed by atoms with Gasteiger partial charge in [0.25, 0.3) is 0 Å². The van der Waals surface area contributed by atoms with E-state index in [1.165, 1.54) is 0 Å². The van der Waals surface area contributed by atoms with Gasteiger partial charge in [0, 0.05) is 18.3 Å². The number of hydrogen-bond acceptors (Lipinski definition) is 3. The Morgan fingerprint density at radius 2 is 2.12 bits per heavy atom. The molecule has 1 aromatic heterocycles. The summed E-state index contributed by atoms with van der Waals surface area (Å²) in [5, 5.41) is 3.70. The summed E-state index contributed by atoms with van der Waals surface area (Å²) >= 11 is 5.76. The molecule has 1 heterocycles. The van der Waals surface area contributed by atoms with Gasteiger partial charge < -0.3 is 5.32 Å². The van der Waals surface area contributed by atoms with Crippen molar-refractivity contribution in [2.45, 2.75) is 27.7 Å². The van der Waals surface area contributed by atoms with Crippen LogP contribution in [0.5, 0.6) is 0 Å². The molecule has 0 bridgehead atoms. The molecule has 0 fully saturated rings. The first-order chi connectivity index (χ1) is 8.11. The minimum Gasteiger partial charge on any atom is -0.325 e. The van der Waals surface area contributed by atoms with Crippen LogP contribution in [0.1, 0.15) is 26.6 Å². The van der Waals surface area contributed by atoms with E-state index in [4.69, 9.17) is 11.6 Å². The SMILES string of the molecule is CC.CN=C(/C=C(\C)Cl)Nc1ccnc(C)n1. The van der Waals surface area contributed by atoms with Gasteiger partial charge in [0.15, 0.2) is 0 Å². The Labute approximate surface area is 108 Å². The van der Waals surface area contributed by atoms with Crippen molar-refractivity contribution < 1.29 is 0 Å². The largest absolute Gasteiger partial charge is 0.325 e. The first-order valence-corrected chi connectivity index (χ1v) is 5.87. The number of nitrogens with zero attached hydrogens (tertiary/aromatic N) is 3. The molecule has 0 aliphatic heterocycles. The predicted molar refractivity (Wildman–Crippen MR) is 74.7 cm³/mol. The van der Waals surface area contributed by atoms with Crippen LogP contribution in [-0.2, 0) is 0 Å².